The van der Waals surface area contributed by atoms with Crippen molar-refractivity contribution in [2.75, 3.05) is 46.4 Å². The van der Waals surface area contributed by atoms with Gasteiger partial charge in [0, 0.05) is 38.3 Å². The van der Waals surface area contributed by atoms with Crippen molar-refractivity contribution in [2.24, 2.45) is 0 Å². The summed E-state index contributed by atoms with van der Waals surface area (Å²) in [7, 11) is 2.16. The smallest absolute Gasteiger partial charge is 0.125 e. The number of likely N-dealkylation sites (N-methyl/N-ethyl adjacent to an activating group) is 1. The van der Waals surface area contributed by atoms with Crippen LogP contribution in [0.2, 0.25) is 0 Å². The summed E-state index contributed by atoms with van der Waals surface area (Å²) in [6, 6.07) is 5.98. The second-order valence-electron chi connectivity index (χ2n) is 5.71. The van der Waals surface area contributed by atoms with Gasteiger partial charge in [-0.15, -0.1) is 0 Å². The Morgan fingerprint density at radius 3 is 2.60 bits per heavy atom. The van der Waals surface area contributed by atoms with Crippen LogP contribution in [0.25, 0.3) is 0 Å². The number of aliphatic hydroxyl groups excluding tert-OH is 1. The quantitative estimate of drug-likeness (QED) is 0.889. The van der Waals surface area contributed by atoms with Crippen molar-refractivity contribution in [3.8, 4) is 5.75 Å². The minimum absolute atomic E-state index is 0.492. The summed E-state index contributed by atoms with van der Waals surface area (Å²) in [4.78, 5) is 4.78. The zero-order chi connectivity index (χ0) is 14.5. The van der Waals surface area contributed by atoms with Crippen LogP contribution in [0.15, 0.2) is 18.2 Å². The Kier molecular flexibility index (Phi) is 5.40. The van der Waals surface area contributed by atoms with Crippen LogP contribution in [0.3, 0.4) is 0 Å². The molecule has 2 rings (SSSR count). The summed E-state index contributed by atoms with van der Waals surface area (Å²) in [5.74, 6) is 0.805. The first-order chi connectivity index (χ1) is 9.56. The number of ether oxygens (including phenoxy) is 1. The van der Waals surface area contributed by atoms with Gasteiger partial charge in [0.05, 0.1) is 6.10 Å². The first-order valence-corrected chi connectivity index (χ1v) is 7.38. The molecule has 112 valence electrons. The summed E-state index contributed by atoms with van der Waals surface area (Å²) in [5, 5.41) is 9.81. The fraction of sp³-hybridized carbons (Fsp3) is 0.625. The van der Waals surface area contributed by atoms with Crippen LogP contribution in [0.4, 0.5) is 0 Å². The third kappa shape index (κ3) is 4.20. The molecule has 0 radical (unpaired) electrons. The van der Waals surface area contributed by atoms with Crippen molar-refractivity contribution in [1.82, 2.24) is 9.80 Å². The maximum atomic E-state index is 9.81. The molecule has 4 nitrogen and oxygen atoms in total. The van der Waals surface area contributed by atoms with E-state index in [0.29, 0.717) is 6.61 Å². The van der Waals surface area contributed by atoms with Crippen molar-refractivity contribution >= 4 is 0 Å². The minimum Gasteiger partial charge on any atom is -0.492 e. The number of nitrogens with zero attached hydrogens (tertiary/aromatic N) is 2. The second kappa shape index (κ2) is 7.07. The predicted molar refractivity (Wildman–Crippen MR) is 81.2 cm³/mol. The summed E-state index contributed by atoms with van der Waals surface area (Å²) in [6.45, 7) is 9.90. The van der Waals surface area contributed by atoms with E-state index >= 15 is 0 Å². The van der Waals surface area contributed by atoms with Gasteiger partial charge in [-0.3, -0.25) is 4.90 Å². The van der Waals surface area contributed by atoms with Gasteiger partial charge >= 0.3 is 0 Å². The Bertz CT molecular complexity index is 426. The zero-order valence-corrected chi connectivity index (χ0v) is 12.8. The number of benzene rings is 1. The van der Waals surface area contributed by atoms with Gasteiger partial charge in [0.2, 0.25) is 0 Å². The van der Waals surface area contributed by atoms with E-state index in [1.165, 1.54) is 0 Å². The Labute approximate surface area is 122 Å². The molecule has 1 aromatic rings. The SMILES string of the molecule is Cc1ccc(OCCN2CCN(C)CC2)c(C(C)O)c1. The number of hydrogen-bond donors (Lipinski definition) is 1. The van der Waals surface area contributed by atoms with E-state index in [1.807, 2.05) is 25.1 Å². The molecule has 1 N–H and O–H groups in total. The molecule has 1 atom stereocenters. The standard InChI is InChI=1S/C16H26N2O2/c1-13-4-5-16(15(12-13)14(2)19)20-11-10-18-8-6-17(3)7-9-18/h4-5,12,14,19H,6-11H2,1-3H3. The van der Waals surface area contributed by atoms with Gasteiger partial charge in [0.1, 0.15) is 12.4 Å². The fourth-order valence-corrected chi connectivity index (χ4v) is 2.48. The lowest BCUT2D eigenvalue weighted by Gasteiger charge is -2.32. The van der Waals surface area contributed by atoms with Crippen LogP contribution in [0.1, 0.15) is 24.2 Å². The van der Waals surface area contributed by atoms with Gasteiger partial charge in [-0.2, -0.15) is 0 Å². The number of hydrogen-bond acceptors (Lipinski definition) is 4. The average molecular weight is 278 g/mol. The maximum absolute atomic E-state index is 9.81. The molecule has 1 aliphatic rings. The highest BCUT2D eigenvalue weighted by molar-refractivity contribution is 5.38. The molecule has 0 amide bonds. The molecule has 0 bridgehead atoms. The van der Waals surface area contributed by atoms with E-state index < -0.39 is 6.10 Å². The van der Waals surface area contributed by atoms with E-state index in [1.54, 1.807) is 6.92 Å². The van der Waals surface area contributed by atoms with E-state index in [4.69, 9.17) is 4.74 Å². The first-order valence-electron chi connectivity index (χ1n) is 7.38. The summed E-state index contributed by atoms with van der Waals surface area (Å²) in [6.07, 6.45) is -0.492. The number of piperazine rings is 1. The molecule has 20 heavy (non-hydrogen) atoms. The van der Waals surface area contributed by atoms with Crippen LogP contribution in [-0.4, -0.2) is 61.3 Å². The largest absolute Gasteiger partial charge is 0.492 e. The lowest BCUT2D eigenvalue weighted by molar-refractivity contribution is 0.131. The van der Waals surface area contributed by atoms with Crippen LogP contribution >= 0.6 is 0 Å². The number of aliphatic hydroxyl groups is 1. The predicted octanol–water partition coefficient (Wildman–Crippen LogP) is 1.67. The number of rotatable bonds is 5. The molecule has 1 fully saturated rings. The summed E-state index contributed by atoms with van der Waals surface area (Å²) in [5.41, 5.74) is 2.02. The van der Waals surface area contributed by atoms with E-state index in [0.717, 1.165) is 49.6 Å². The Morgan fingerprint density at radius 1 is 1.25 bits per heavy atom. The molecule has 0 saturated carbocycles. The van der Waals surface area contributed by atoms with Gasteiger partial charge in [-0.05, 0) is 33.0 Å². The third-order valence-corrected chi connectivity index (χ3v) is 3.88. The molecule has 1 aromatic carbocycles. The molecule has 4 heteroatoms. The fourth-order valence-electron chi connectivity index (χ4n) is 2.48. The lowest BCUT2D eigenvalue weighted by atomic mass is 10.1. The topological polar surface area (TPSA) is 35.9 Å². The molecule has 1 aliphatic heterocycles. The van der Waals surface area contributed by atoms with Gasteiger partial charge in [0.15, 0.2) is 0 Å². The molecular weight excluding hydrogens is 252 g/mol. The second-order valence-corrected chi connectivity index (χ2v) is 5.71. The van der Waals surface area contributed by atoms with Gasteiger partial charge in [-0.25, -0.2) is 0 Å². The van der Waals surface area contributed by atoms with Gasteiger partial charge < -0.3 is 14.7 Å². The first kappa shape index (κ1) is 15.3. The van der Waals surface area contributed by atoms with Gasteiger partial charge in [-0.1, -0.05) is 11.6 Å². The molecule has 0 aromatic heterocycles. The van der Waals surface area contributed by atoms with E-state index in [-0.39, 0.29) is 0 Å². The average Bonchev–Trinajstić information content (AvgIpc) is 2.42. The molecule has 0 spiro atoms. The molecular formula is C16H26N2O2. The number of aryl methyl sites for hydroxylation is 1. The Morgan fingerprint density at radius 2 is 1.95 bits per heavy atom. The monoisotopic (exact) mass is 278 g/mol. The molecule has 0 aliphatic carbocycles. The highest BCUT2D eigenvalue weighted by Gasteiger charge is 2.14. The van der Waals surface area contributed by atoms with Crippen molar-refractivity contribution in [1.29, 1.82) is 0 Å². The maximum Gasteiger partial charge on any atom is 0.125 e. The Balaban J connectivity index is 1.85. The highest BCUT2D eigenvalue weighted by Crippen LogP contribution is 2.26. The van der Waals surface area contributed by atoms with E-state index in [9.17, 15) is 5.11 Å². The molecule has 1 saturated heterocycles. The van der Waals surface area contributed by atoms with Crippen molar-refractivity contribution < 1.29 is 9.84 Å². The van der Waals surface area contributed by atoms with Crippen LogP contribution in [0.5, 0.6) is 5.75 Å². The van der Waals surface area contributed by atoms with Crippen molar-refractivity contribution in [3.05, 3.63) is 29.3 Å². The van der Waals surface area contributed by atoms with Crippen molar-refractivity contribution in [3.63, 3.8) is 0 Å². The molecule has 1 unspecified atom stereocenters. The molecule has 1 heterocycles. The summed E-state index contributed by atoms with van der Waals surface area (Å²) < 4.78 is 5.87. The zero-order valence-electron chi connectivity index (χ0n) is 12.8. The van der Waals surface area contributed by atoms with Crippen LogP contribution in [0, 0.1) is 6.92 Å². The Hall–Kier alpha value is -1.10. The third-order valence-electron chi connectivity index (χ3n) is 3.88. The van der Waals surface area contributed by atoms with Crippen LogP contribution < -0.4 is 4.74 Å². The lowest BCUT2D eigenvalue weighted by Crippen LogP contribution is -2.45. The van der Waals surface area contributed by atoms with Gasteiger partial charge in [0.25, 0.3) is 0 Å². The normalized spacial score (nSPS) is 19.0. The summed E-state index contributed by atoms with van der Waals surface area (Å²) >= 11 is 0. The van der Waals surface area contributed by atoms with Crippen molar-refractivity contribution in [2.45, 2.75) is 20.0 Å². The van der Waals surface area contributed by atoms with Crippen LogP contribution in [-0.2, 0) is 0 Å². The van der Waals surface area contributed by atoms with E-state index in [2.05, 4.69) is 16.8 Å². The minimum atomic E-state index is -0.492. The highest BCUT2D eigenvalue weighted by atomic mass is 16.5.